The minimum Gasteiger partial charge on any atom is -0.342 e. The Bertz CT molecular complexity index is 1010. The number of benzene rings is 2. The maximum Gasteiger partial charge on any atom is 0.265 e. The van der Waals surface area contributed by atoms with Crippen LogP contribution in [0.5, 0.6) is 0 Å². The average Bonchev–Trinajstić information content (AvgIpc) is 3.23. The highest BCUT2D eigenvalue weighted by Gasteiger charge is 2.31. The summed E-state index contributed by atoms with van der Waals surface area (Å²) in [5.41, 5.74) is 1.72. The molecule has 1 saturated heterocycles. The van der Waals surface area contributed by atoms with Gasteiger partial charge < -0.3 is 5.32 Å². The van der Waals surface area contributed by atoms with Crippen molar-refractivity contribution in [3.63, 3.8) is 0 Å². The monoisotopic (exact) mass is 499 g/mol. The summed E-state index contributed by atoms with van der Waals surface area (Å²) in [6.07, 6.45) is 5.34. The Balaban J connectivity index is 1.51. The molecule has 0 aliphatic carbocycles. The molecule has 2 aliphatic heterocycles. The van der Waals surface area contributed by atoms with Gasteiger partial charge in [-0.2, -0.15) is 0 Å². The molecule has 0 saturated carbocycles. The van der Waals surface area contributed by atoms with Crippen LogP contribution in [0.15, 0.2) is 62.8 Å². The number of para-hydroxylation sites is 1. The summed E-state index contributed by atoms with van der Waals surface area (Å²) in [6, 6.07) is 16.1. The second kappa shape index (κ2) is 10.0. The lowest BCUT2D eigenvalue weighted by Gasteiger charge is -2.30. The molecule has 2 amide bonds. The minimum absolute atomic E-state index is 0.0108. The van der Waals surface area contributed by atoms with Crippen molar-refractivity contribution in [2.45, 2.75) is 37.1 Å². The molecule has 1 unspecified atom stereocenters. The quantitative estimate of drug-likeness (QED) is 0.575. The van der Waals surface area contributed by atoms with E-state index in [2.05, 4.69) is 33.1 Å². The lowest BCUT2D eigenvalue weighted by molar-refractivity contribution is -0.123. The molecule has 7 heteroatoms. The highest BCUT2D eigenvalue weighted by atomic mass is 79.9. The van der Waals surface area contributed by atoms with E-state index in [-0.39, 0.29) is 18.4 Å². The number of thioether (sulfide) groups is 1. The van der Waals surface area contributed by atoms with E-state index in [1.165, 1.54) is 24.6 Å². The number of hydrogen-bond donors (Lipinski definition) is 1. The van der Waals surface area contributed by atoms with Gasteiger partial charge in [0.2, 0.25) is 5.91 Å². The zero-order valence-electron chi connectivity index (χ0n) is 17.5. The van der Waals surface area contributed by atoms with Crippen LogP contribution in [0.2, 0.25) is 0 Å². The van der Waals surface area contributed by atoms with Crippen molar-refractivity contribution in [2.75, 3.05) is 24.7 Å². The van der Waals surface area contributed by atoms with Crippen molar-refractivity contribution in [2.24, 2.45) is 0 Å². The predicted molar refractivity (Wildman–Crippen MR) is 130 cm³/mol. The molecule has 2 heterocycles. The van der Waals surface area contributed by atoms with Crippen molar-refractivity contribution in [1.82, 2.24) is 10.2 Å². The minimum atomic E-state index is -0.147. The van der Waals surface area contributed by atoms with Crippen LogP contribution < -0.4 is 10.2 Å². The first-order valence-corrected chi connectivity index (χ1v) is 12.2. The number of fused-ring (bicyclic) bond motifs is 1. The molecule has 31 heavy (non-hydrogen) atoms. The summed E-state index contributed by atoms with van der Waals surface area (Å²) < 4.78 is 0.957. The normalized spacial score (nSPS) is 20.2. The van der Waals surface area contributed by atoms with E-state index in [9.17, 15) is 9.59 Å². The van der Waals surface area contributed by atoms with Crippen LogP contribution in [0, 0.1) is 0 Å². The second-order valence-corrected chi connectivity index (χ2v) is 9.80. The second-order valence-electron chi connectivity index (χ2n) is 7.80. The maximum atomic E-state index is 13.3. The fraction of sp³-hybridized carbons (Fsp3) is 0.333. The third-order valence-electron chi connectivity index (χ3n) is 5.73. The summed E-state index contributed by atoms with van der Waals surface area (Å²) in [5, 5.41) is 3.02. The fourth-order valence-electron chi connectivity index (χ4n) is 4.12. The largest absolute Gasteiger partial charge is 0.342 e. The Labute approximate surface area is 196 Å². The first kappa shape index (κ1) is 22.1. The number of carbonyl (C=O) groups is 2. The Morgan fingerprint density at radius 1 is 1.26 bits per heavy atom. The summed E-state index contributed by atoms with van der Waals surface area (Å²) in [6.45, 7) is 3.75. The van der Waals surface area contributed by atoms with Crippen LogP contribution in [0.4, 0.5) is 5.69 Å². The first-order valence-electron chi connectivity index (χ1n) is 10.6. The molecule has 2 aromatic carbocycles. The zero-order chi connectivity index (χ0) is 21.8. The van der Waals surface area contributed by atoms with Crippen LogP contribution >= 0.6 is 27.7 Å². The molecule has 2 aromatic rings. The number of likely N-dealkylation sites (tertiary alicyclic amines) is 1. The summed E-state index contributed by atoms with van der Waals surface area (Å²) in [4.78, 5) is 31.6. The first-order chi connectivity index (χ1) is 15.0. The number of hydrogen-bond acceptors (Lipinski definition) is 4. The standard InChI is InChI=1S/C24H26BrN3O2S/c1-2-19-9-6-12-27(19)16-26-23(29)15-28-20-10-3-4-11-21(20)31-22(24(28)30)14-17-7-5-8-18(25)13-17/h3-5,7-8,10-11,13-14,19H,2,6,9,12,15-16H2,1H3,(H,26,29). The molecule has 1 atom stereocenters. The van der Waals surface area contributed by atoms with E-state index < -0.39 is 0 Å². The van der Waals surface area contributed by atoms with Gasteiger partial charge in [-0.3, -0.25) is 19.4 Å². The Morgan fingerprint density at radius 3 is 2.90 bits per heavy atom. The molecular formula is C24H26BrN3O2S. The van der Waals surface area contributed by atoms with E-state index >= 15 is 0 Å². The summed E-state index contributed by atoms with van der Waals surface area (Å²) >= 11 is 4.93. The molecule has 162 valence electrons. The molecule has 2 aliphatic rings. The third-order valence-corrected chi connectivity index (χ3v) is 7.30. The highest BCUT2D eigenvalue weighted by Crippen LogP contribution is 2.42. The van der Waals surface area contributed by atoms with Gasteiger partial charge in [0.1, 0.15) is 6.54 Å². The lowest BCUT2D eigenvalue weighted by atomic mass is 10.2. The van der Waals surface area contributed by atoms with Crippen molar-refractivity contribution < 1.29 is 9.59 Å². The van der Waals surface area contributed by atoms with Crippen molar-refractivity contribution in [1.29, 1.82) is 0 Å². The maximum absolute atomic E-state index is 13.3. The summed E-state index contributed by atoms with van der Waals surface area (Å²) in [7, 11) is 0. The average molecular weight is 500 g/mol. The highest BCUT2D eigenvalue weighted by molar-refractivity contribution is 9.10. The van der Waals surface area contributed by atoms with Gasteiger partial charge in [-0.25, -0.2) is 0 Å². The van der Waals surface area contributed by atoms with Gasteiger partial charge >= 0.3 is 0 Å². The Kier molecular flexibility index (Phi) is 7.15. The van der Waals surface area contributed by atoms with Crippen molar-refractivity contribution in [3.8, 4) is 0 Å². The molecule has 0 aromatic heterocycles. The van der Waals surface area contributed by atoms with E-state index in [4.69, 9.17) is 0 Å². The smallest absolute Gasteiger partial charge is 0.265 e. The van der Waals surface area contributed by atoms with Gasteiger partial charge in [0.05, 0.1) is 17.3 Å². The van der Waals surface area contributed by atoms with Gasteiger partial charge in [-0.05, 0) is 55.2 Å². The van der Waals surface area contributed by atoms with Gasteiger partial charge in [-0.1, -0.05) is 58.9 Å². The Morgan fingerprint density at radius 2 is 2.10 bits per heavy atom. The molecule has 1 N–H and O–H groups in total. The van der Waals surface area contributed by atoms with Gasteiger partial charge in [0, 0.05) is 22.0 Å². The molecule has 1 fully saturated rings. The number of rotatable bonds is 6. The molecule has 4 rings (SSSR count). The molecule has 0 radical (unpaired) electrons. The molecule has 0 spiro atoms. The van der Waals surface area contributed by atoms with Crippen molar-refractivity contribution >= 4 is 51.3 Å². The number of amides is 2. The van der Waals surface area contributed by atoms with E-state index in [1.54, 1.807) is 4.90 Å². The van der Waals surface area contributed by atoms with Crippen LogP contribution in [0.25, 0.3) is 6.08 Å². The van der Waals surface area contributed by atoms with Crippen LogP contribution in [0.1, 0.15) is 31.7 Å². The number of carbonyl (C=O) groups excluding carboxylic acids is 2. The van der Waals surface area contributed by atoms with Crippen molar-refractivity contribution in [3.05, 3.63) is 63.5 Å². The van der Waals surface area contributed by atoms with Crippen LogP contribution in [0.3, 0.4) is 0 Å². The van der Waals surface area contributed by atoms with Gasteiger partial charge in [-0.15, -0.1) is 0 Å². The molecule has 5 nitrogen and oxygen atoms in total. The fourth-order valence-corrected chi connectivity index (χ4v) is 5.60. The molecule has 0 bridgehead atoms. The van der Waals surface area contributed by atoms with E-state index in [0.717, 1.165) is 33.6 Å². The molecular weight excluding hydrogens is 474 g/mol. The van der Waals surface area contributed by atoms with Crippen LogP contribution in [-0.4, -0.2) is 42.5 Å². The van der Waals surface area contributed by atoms with Gasteiger partial charge in [0.25, 0.3) is 5.91 Å². The van der Waals surface area contributed by atoms with Gasteiger partial charge in [0.15, 0.2) is 0 Å². The third kappa shape index (κ3) is 5.22. The zero-order valence-corrected chi connectivity index (χ0v) is 19.9. The number of halogens is 1. The Hall–Kier alpha value is -2.09. The predicted octanol–water partition coefficient (Wildman–Crippen LogP) is 4.88. The number of nitrogens with zero attached hydrogens (tertiary/aromatic N) is 2. The van der Waals surface area contributed by atoms with Crippen LogP contribution in [-0.2, 0) is 9.59 Å². The number of nitrogens with one attached hydrogen (secondary N) is 1. The topological polar surface area (TPSA) is 52.7 Å². The lowest BCUT2D eigenvalue weighted by Crippen LogP contribution is -2.46. The summed E-state index contributed by atoms with van der Waals surface area (Å²) in [5.74, 6) is -0.287. The van der Waals surface area contributed by atoms with E-state index in [0.29, 0.717) is 17.6 Å². The van der Waals surface area contributed by atoms with E-state index in [1.807, 2.05) is 54.6 Å². The SMILES string of the molecule is CCC1CCCN1CNC(=O)CN1C(=O)C(=Cc2cccc(Br)c2)Sc2ccccc21. The number of anilines is 1.